The molecule has 2 heterocycles. The highest BCUT2D eigenvalue weighted by atomic mass is 35.5. The van der Waals surface area contributed by atoms with E-state index in [1.54, 1.807) is 43.9 Å². The number of nitrogens with zero attached hydrogens (tertiary/aromatic N) is 1. The van der Waals surface area contributed by atoms with Crippen LogP contribution < -0.4 is 5.32 Å². The number of H-pyrrole nitrogens is 1. The van der Waals surface area contributed by atoms with Crippen LogP contribution in [-0.4, -0.2) is 64.5 Å². The lowest BCUT2D eigenvalue weighted by Crippen LogP contribution is -2.54. The molecule has 5 atom stereocenters. The number of hydrogen-bond acceptors (Lipinski definition) is 6. The lowest BCUT2D eigenvalue weighted by Gasteiger charge is -2.29. The monoisotopic (exact) mass is 617 g/mol. The van der Waals surface area contributed by atoms with Gasteiger partial charge in [-0.25, -0.2) is 0 Å². The highest BCUT2D eigenvalue weighted by molar-refractivity contribution is 6.38. The Kier molecular flexibility index (Phi) is 8.72. The predicted octanol–water partition coefficient (Wildman–Crippen LogP) is 5.12. The standard InChI is InChI=1S/C31H37Cl2N3O6/c1-31(2,3)30(41)42-15-26(38)23(10-16-6-5-9-25(16)37)35-28(39)27-19-8-4-7-17(19)14-36(27)29(40)24-13-20-21(33)11-18(32)12-22(20)34-24/h11-13,16-17,19,23,27,34H,4-10,14-15H2,1-3H3,(H,35,39)/t16-,17-,19-,23-,27-/m0/s1. The van der Waals surface area contributed by atoms with E-state index < -0.39 is 41.8 Å². The molecule has 0 spiro atoms. The minimum atomic E-state index is -1.01. The van der Waals surface area contributed by atoms with E-state index in [-0.39, 0.29) is 35.9 Å². The first-order valence-electron chi connectivity index (χ1n) is 14.6. The normalized spacial score (nSPS) is 24.6. The van der Waals surface area contributed by atoms with E-state index in [2.05, 4.69) is 10.3 Å². The lowest BCUT2D eigenvalue weighted by molar-refractivity contribution is -0.156. The molecular weight excluding hydrogens is 581 g/mol. The topological polar surface area (TPSA) is 126 Å². The van der Waals surface area contributed by atoms with Gasteiger partial charge in [0.25, 0.3) is 5.91 Å². The molecule has 226 valence electrons. The zero-order valence-corrected chi connectivity index (χ0v) is 25.6. The third-order valence-corrected chi connectivity index (χ3v) is 9.45. The molecule has 1 aromatic heterocycles. The number of amides is 2. The fourth-order valence-electron chi connectivity index (χ4n) is 6.68. The van der Waals surface area contributed by atoms with Gasteiger partial charge in [-0.1, -0.05) is 29.6 Å². The van der Waals surface area contributed by atoms with Crippen LogP contribution in [0.5, 0.6) is 0 Å². The second kappa shape index (κ2) is 12.0. The summed E-state index contributed by atoms with van der Waals surface area (Å²) in [5, 5.41) is 4.39. The summed E-state index contributed by atoms with van der Waals surface area (Å²) in [6.07, 6.45) is 4.65. The van der Waals surface area contributed by atoms with Crippen molar-refractivity contribution in [2.75, 3.05) is 13.2 Å². The Balaban J connectivity index is 1.38. The van der Waals surface area contributed by atoms with Crippen molar-refractivity contribution in [3.63, 3.8) is 0 Å². The van der Waals surface area contributed by atoms with Gasteiger partial charge in [0.2, 0.25) is 5.91 Å². The number of likely N-dealkylation sites (tertiary alicyclic amines) is 1. The quantitative estimate of drug-likeness (QED) is 0.396. The number of nitrogens with one attached hydrogen (secondary N) is 2. The molecule has 2 saturated carbocycles. The molecule has 1 aliphatic heterocycles. The van der Waals surface area contributed by atoms with Crippen LogP contribution in [0.3, 0.4) is 0 Å². The summed E-state index contributed by atoms with van der Waals surface area (Å²) in [7, 11) is 0. The van der Waals surface area contributed by atoms with E-state index in [0.717, 1.165) is 25.7 Å². The van der Waals surface area contributed by atoms with E-state index in [9.17, 15) is 24.0 Å². The molecule has 1 aromatic carbocycles. The number of carbonyl (C=O) groups is 5. The summed E-state index contributed by atoms with van der Waals surface area (Å²) >= 11 is 12.5. The predicted molar refractivity (Wildman–Crippen MR) is 158 cm³/mol. The van der Waals surface area contributed by atoms with E-state index in [4.69, 9.17) is 27.9 Å². The number of rotatable bonds is 8. The van der Waals surface area contributed by atoms with E-state index in [1.807, 2.05) is 0 Å². The number of halogens is 2. The van der Waals surface area contributed by atoms with Gasteiger partial charge in [0.05, 0.1) is 16.5 Å². The van der Waals surface area contributed by atoms with Crippen LogP contribution in [0.1, 0.15) is 76.2 Å². The molecule has 3 fully saturated rings. The number of benzene rings is 1. The molecule has 42 heavy (non-hydrogen) atoms. The number of hydrogen-bond donors (Lipinski definition) is 2. The van der Waals surface area contributed by atoms with Crippen molar-refractivity contribution in [3.05, 3.63) is 33.9 Å². The number of fused-ring (bicyclic) bond motifs is 2. The number of esters is 1. The maximum Gasteiger partial charge on any atom is 0.311 e. The molecule has 2 aromatic rings. The van der Waals surface area contributed by atoms with Gasteiger partial charge in [0.1, 0.15) is 17.5 Å². The Bertz CT molecular complexity index is 1430. The van der Waals surface area contributed by atoms with Crippen molar-refractivity contribution in [1.82, 2.24) is 15.2 Å². The number of Topliss-reactive ketones (excluding diaryl/α,β-unsaturated/α-hetero) is 2. The smallest absolute Gasteiger partial charge is 0.311 e. The number of ketones is 2. The molecule has 2 aliphatic carbocycles. The number of aromatic amines is 1. The summed E-state index contributed by atoms with van der Waals surface area (Å²) in [6.45, 7) is 5.00. The van der Waals surface area contributed by atoms with Gasteiger partial charge >= 0.3 is 5.97 Å². The van der Waals surface area contributed by atoms with Crippen LogP contribution in [0, 0.1) is 23.2 Å². The van der Waals surface area contributed by atoms with Crippen molar-refractivity contribution >= 4 is 63.5 Å². The first kappa shape index (κ1) is 30.5. The van der Waals surface area contributed by atoms with Crippen LogP contribution in [0.4, 0.5) is 0 Å². The number of aromatic nitrogens is 1. The fourth-order valence-corrected chi connectivity index (χ4v) is 7.23. The second-order valence-electron chi connectivity index (χ2n) is 12.9. The van der Waals surface area contributed by atoms with Gasteiger partial charge in [0, 0.05) is 34.8 Å². The molecule has 11 heteroatoms. The third-order valence-electron chi connectivity index (χ3n) is 8.92. The molecule has 0 radical (unpaired) electrons. The van der Waals surface area contributed by atoms with E-state index in [0.29, 0.717) is 46.0 Å². The largest absolute Gasteiger partial charge is 0.457 e. The minimum absolute atomic E-state index is 0.0426. The summed E-state index contributed by atoms with van der Waals surface area (Å²) < 4.78 is 5.27. The molecule has 0 bridgehead atoms. The molecule has 5 rings (SSSR count). The maximum atomic E-state index is 14.0. The van der Waals surface area contributed by atoms with E-state index in [1.165, 1.54) is 0 Å². The molecule has 9 nitrogen and oxygen atoms in total. The SMILES string of the molecule is CC(C)(C)C(=O)OCC(=O)[C@H](C[C@@H]1CCCC1=O)NC(=O)[C@@H]1[C@H]2CCC[C@H]2CN1C(=O)c1cc2c(Cl)cc(Cl)cc2[nH]1. The van der Waals surface area contributed by atoms with Gasteiger partial charge < -0.3 is 19.9 Å². The van der Waals surface area contributed by atoms with Crippen LogP contribution in [0.2, 0.25) is 10.0 Å². The fraction of sp³-hybridized carbons (Fsp3) is 0.581. The third kappa shape index (κ3) is 6.23. The summed E-state index contributed by atoms with van der Waals surface area (Å²) in [4.78, 5) is 70.6. The second-order valence-corrected chi connectivity index (χ2v) is 13.8. The van der Waals surface area contributed by atoms with Gasteiger partial charge in [-0.05, 0) is 82.9 Å². The summed E-state index contributed by atoms with van der Waals surface area (Å²) in [5.41, 5.74) is 0.124. The summed E-state index contributed by atoms with van der Waals surface area (Å²) in [5.74, 6) is -1.91. The minimum Gasteiger partial charge on any atom is -0.457 e. The first-order valence-corrected chi connectivity index (χ1v) is 15.4. The Morgan fingerprint density at radius 3 is 2.55 bits per heavy atom. The van der Waals surface area contributed by atoms with Gasteiger partial charge in [-0.15, -0.1) is 0 Å². The Morgan fingerprint density at radius 2 is 1.86 bits per heavy atom. The maximum absolute atomic E-state index is 14.0. The average Bonchev–Trinajstić information content (AvgIpc) is 3.69. The highest BCUT2D eigenvalue weighted by Gasteiger charge is 2.50. The molecule has 2 N–H and O–H groups in total. The molecule has 3 aliphatic rings. The van der Waals surface area contributed by atoms with Crippen molar-refractivity contribution in [1.29, 1.82) is 0 Å². The Labute approximate surface area is 255 Å². The van der Waals surface area contributed by atoms with Crippen LogP contribution in [0.15, 0.2) is 18.2 Å². The Hall–Kier alpha value is -2.91. The molecular formula is C31H37Cl2N3O6. The van der Waals surface area contributed by atoms with Gasteiger partial charge in [0.15, 0.2) is 12.4 Å². The zero-order chi connectivity index (χ0) is 30.3. The van der Waals surface area contributed by atoms with Crippen molar-refractivity contribution < 1.29 is 28.7 Å². The summed E-state index contributed by atoms with van der Waals surface area (Å²) in [6, 6.07) is 3.18. The number of ether oxygens (including phenoxy) is 1. The molecule has 1 saturated heterocycles. The van der Waals surface area contributed by atoms with Gasteiger partial charge in [-0.3, -0.25) is 24.0 Å². The van der Waals surface area contributed by atoms with Crippen molar-refractivity contribution in [3.8, 4) is 0 Å². The van der Waals surface area contributed by atoms with Crippen molar-refractivity contribution in [2.24, 2.45) is 23.2 Å². The number of carbonyl (C=O) groups excluding carboxylic acids is 5. The lowest BCUT2D eigenvalue weighted by atomic mass is 9.91. The van der Waals surface area contributed by atoms with Crippen LogP contribution in [-0.2, 0) is 23.9 Å². The van der Waals surface area contributed by atoms with Crippen LogP contribution in [0.25, 0.3) is 10.9 Å². The molecule has 2 amide bonds. The van der Waals surface area contributed by atoms with Crippen molar-refractivity contribution in [2.45, 2.75) is 77.8 Å². The zero-order valence-electron chi connectivity index (χ0n) is 24.1. The average molecular weight is 619 g/mol. The highest BCUT2D eigenvalue weighted by Crippen LogP contribution is 2.43. The van der Waals surface area contributed by atoms with E-state index >= 15 is 0 Å². The molecule has 0 unspecified atom stereocenters. The van der Waals surface area contributed by atoms with Crippen LogP contribution >= 0.6 is 23.2 Å². The first-order chi connectivity index (χ1) is 19.8. The van der Waals surface area contributed by atoms with Gasteiger partial charge in [-0.2, -0.15) is 0 Å². The Morgan fingerprint density at radius 1 is 1.10 bits per heavy atom.